The second-order valence-electron chi connectivity index (χ2n) is 15.6. The van der Waals surface area contributed by atoms with Crippen molar-refractivity contribution in [2.45, 2.75) is 76.5 Å². The molecule has 7 rings (SSSR count). The Morgan fingerprint density at radius 3 is 2.08 bits per heavy atom. The Morgan fingerprint density at radius 2 is 1.47 bits per heavy atom. The van der Waals surface area contributed by atoms with Crippen LogP contribution in [0.1, 0.15) is 64.3 Å². The Kier molecular flexibility index (Phi) is 11.4. The van der Waals surface area contributed by atoms with E-state index in [0.29, 0.717) is 34.5 Å². The third-order valence-electron chi connectivity index (χ3n) is 11.0. The molecule has 0 saturated carbocycles. The van der Waals surface area contributed by atoms with Gasteiger partial charge in [-0.25, -0.2) is 27.7 Å². The summed E-state index contributed by atoms with van der Waals surface area (Å²) in [4.78, 5) is 30.1. The predicted octanol–water partition coefficient (Wildman–Crippen LogP) is 7.81. The highest BCUT2D eigenvalue weighted by Gasteiger charge is 2.37. The van der Waals surface area contributed by atoms with Crippen molar-refractivity contribution in [1.29, 1.82) is 0 Å². The smallest absolute Gasteiger partial charge is 0.407 e. The number of aliphatic imine (C=N–C) groups is 1. The van der Waals surface area contributed by atoms with Gasteiger partial charge in [-0.1, -0.05) is 72.8 Å². The van der Waals surface area contributed by atoms with E-state index in [1.807, 2.05) is 81.4 Å². The highest BCUT2D eigenvalue weighted by atomic mass is 32.2. The average Bonchev–Trinajstić information content (AvgIpc) is 3.72. The second kappa shape index (κ2) is 16.5. The Morgan fingerprint density at radius 1 is 0.864 bits per heavy atom. The Balaban J connectivity index is 1.06. The number of benzene rings is 5. The number of carboxylic acids is 1. The predicted molar refractivity (Wildman–Crippen MR) is 227 cm³/mol. The molecule has 4 N–H and O–H groups in total. The second-order valence-corrected chi connectivity index (χ2v) is 17.2. The van der Waals surface area contributed by atoms with Crippen LogP contribution in [0.15, 0.2) is 107 Å². The van der Waals surface area contributed by atoms with Gasteiger partial charge in [0.2, 0.25) is 5.96 Å². The molecule has 0 radical (unpaired) electrons. The van der Waals surface area contributed by atoms with Crippen LogP contribution in [0.5, 0.6) is 11.5 Å². The highest BCUT2D eigenvalue weighted by molar-refractivity contribution is 7.90. The van der Waals surface area contributed by atoms with Crippen LogP contribution in [0, 0.1) is 20.8 Å². The van der Waals surface area contributed by atoms with Gasteiger partial charge >= 0.3 is 12.1 Å². The van der Waals surface area contributed by atoms with Gasteiger partial charge in [-0.05, 0) is 109 Å². The number of hydrogen-bond donors (Lipinski definition) is 4. The van der Waals surface area contributed by atoms with Gasteiger partial charge in [0, 0.05) is 30.0 Å². The van der Waals surface area contributed by atoms with Crippen molar-refractivity contribution in [3.8, 4) is 22.6 Å². The minimum Gasteiger partial charge on any atom is -0.497 e. The van der Waals surface area contributed by atoms with E-state index in [1.54, 1.807) is 57.4 Å². The number of amides is 1. The Bertz CT molecular complexity index is 2510. The van der Waals surface area contributed by atoms with Gasteiger partial charge in [0.1, 0.15) is 29.7 Å². The summed E-state index contributed by atoms with van der Waals surface area (Å²) in [5, 5.41) is 15.7. The molecule has 1 amide bonds. The third kappa shape index (κ3) is 8.75. The molecular formula is C46H48N4O8S. The fraction of sp³-hybridized carbons (Fsp3) is 0.283. The number of alkyl carbamates (subject to hydrolysis) is 1. The number of carbonyl (C=O) groups excluding carboxylic acids is 1. The van der Waals surface area contributed by atoms with E-state index < -0.39 is 33.7 Å². The van der Waals surface area contributed by atoms with Crippen LogP contribution in [0.3, 0.4) is 0 Å². The van der Waals surface area contributed by atoms with Gasteiger partial charge in [-0.2, -0.15) is 0 Å². The molecule has 0 saturated heterocycles. The Hall–Kier alpha value is -6.34. The monoisotopic (exact) mass is 816 g/mol. The molecule has 1 aliphatic carbocycles. The van der Waals surface area contributed by atoms with Crippen molar-refractivity contribution in [2.24, 2.45) is 4.99 Å². The van der Waals surface area contributed by atoms with Gasteiger partial charge in [0.15, 0.2) is 0 Å². The molecule has 1 atom stereocenters. The summed E-state index contributed by atoms with van der Waals surface area (Å²) in [6.07, 6.45) is -0.283. The number of rotatable bonds is 12. The standard InChI is InChI=1S/C46H48N4O8S/c1-27-28(2)42(29(3)38-24-46(4,5)58-41(27)38)59(54,55)50-44(47-25-31-17-21-33(56-6)22-18-31)48-32-19-15-30(16-20-32)23-40(43(51)52)49-45(53)57-26-39-36-13-9-7-11-34(36)35-12-8-10-14-37(35)39/h7-22,39-40H,23-26H2,1-6H3,(H,49,53)(H,51,52)(H2,47,48,50). The summed E-state index contributed by atoms with van der Waals surface area (Å²) in [6, 6.07) is 28.7. The SMILES string of the molecule is COc1ccc(CN=C(Nc2ccc(CC(NC(=O)OCC3c4ccccc4-c4ccccc43)C(=O)O)cc2)NS(=O)(=O)c2c(C)c(C)c3c(c2C)CC(C)(C)O3)cc1. The number of nitrogens with one attached hydrogen (secondary N) is 3. The molecule has 59 heavy (non-hydrogen) atoms. The van der Waals surface area contributed by atoms with Gasteiger partial charge in [0.25, 0.3) is 10.0 Å². The molecule has 1 aliphatic heterocycles. The van der Waals surface area contributed by atoms with Crippen LogP contribution in [0.4, 0.5) is 10.5 Å². The number of guanidine groups is 1. The van der Waals surface area contributed by atoms with Gasteiger partial charge < -0.3 is 30.0 Å². The van der Waals surface area contributed by atoms with Crippen LogP contribution >= 0.6 is 0 Å². The van der Waals surface area contributed by atoms with E-state index in [4.69, 9.17) is 14.2 Å². The van der Waals surface area contributed by atoms with Crippen LogP contribution in [-0.2, 0) is 38.9 Å². The number of sulfonamides is 1. The van der Waals surface area contributed by atoms with E-state index in [9.17, 15) is 23.1 Å². The number of aliphatic carboxylic acids is 1. The zero-order valence-electron chi connectivity index (χ0n) is 33.9. The number of fused-ring (bicyclic) bond motifs is 4. The quantitative estimate of drug-likeness (QED) is 0.0726. The molecule has 12 nitrogen and oxygen atoms in total. The van der Waals surface area contributed by atoms with E-state index in [1.165, 1.54) is 0 Å². The summed E-state index contributed by atoms with van der Waals surface area (Å²) >= 11 is 0. The number of ether oxygens (including phenoxy) is 3. The molecule has 0 spiro atoms. The zero-order valence-corrected chi connectivity index (χ0v) is 34.7. The fourth-order valence-corrected chi connectivity index (χ4v) is 9.46. The molecule has 0 aromatic heterocycles. The minimum absolute atomic E-state index is 0.0116. The molecular weight excluding hydrogens is 769 g/mol. The number of nitrogens with zero attached hydrogens (tertiary/aromatic N) is 1. The van der Waals surface area contributed by atoms with Crippen molar-refractivity contribution < 1.29 is 37.3 Å². The van der Waals surface area contributed by atoms with E-state index in [0.717, 1.165) is 44.7 Å². The lowest BCUT2D eigenvalue weighted by Gasteiger charge is -2.20. The molecule has 5 aromatic carbocycles. The molecule has 0 fully saturated rings. The van der Waals surface area contributed by atoms with Gasteiger partial charge in [-0.15, -0.1) is 0 Å². The largest absolute Gasteiger partial charge is 0.497 e. The first-order chi connectivity index (χ1) is 28.1. The molecule has 1 unspecified atom stereocenters. The minimum atomic E-state index is -4.16. The summed E-state index contributed by atoms with van der Waals surface area (Å²) in [6.45, 7) is 9.62. The lowest BCUT2D eigenvalue weighted by molar-refractivity contribution is -0.139. The lowest BCUT2D eigenvalue weighted by atomic mass is 9.94. The number of anilines is 1. The van der Waals surface area contributed by atoms with Crippen molar-refractivity contribution in [2.75, 3.05) is 19.0 Å². The molecule has 5 aromatic rings. The van der Waals surface area contributed by atoms with Crippen LogP contribution < -0.4 is 24.8 Å². The number of carboxylic acid groups (broad SMARTS) is 1. The summed E-state index contributed by atoms with van der Waals surface area (Å²) < 4.78 is 48.3. The molecule has 13 heteroatoms. The van der Waals surface area contributed by atoms with E-state index in [2.05, 4.69) is 20.3 Å². The van der Waals surface area contributed by atoms with Gasteiger partial charge in [-0.3, -0.25) is 0 Å². The Labute approximate surface area is 344 Å². The summed E-state index contributed by atoms with van der Waals surface area (Å²) in [5.74, 6) is 0.0147. The molecule has 2 aliphatic rings. The lowest BCUT2D eigenvalue weighted by Crippen LogP contribution is -2.42. The topological polar surface area (TPSA) is 165 Å². The summed E-state index contributed by atoms with van der Waals surface area (Å²) in [5.41, 5.74) is 8.60. The van der Waals surface area contributed by atoms with Crippen molar-refractivity contribution >= 4 is 33.7 Å². The molecule has 1 heterocycles. The highest BCUT2D eigenvalue weighted by Crippen LogP contribution is 2.45. The molecule has 0 bridgehead atoms. The third-order valence-corrected chi connectivity index (χ3v) is 12.6. The maximum atomic E-state index is 14.3. The number of methoxy groups -OCH3 is 1. The number of hydrogen-bond acceptors (Lipinski definition) is 8. The normalized spacial score (nSPS) is 14.6. The number of carbonyl (C=O) groups is 2. The fourth-order valence-electron chi connectivity index (χ4n) is 7.90. The van der Waals surface area contributed by atoms with E-state index in [-0.39, 0.29) is 36.3 Å². The van der Waals surface area contributed by atoms with Crippen LogP contribution in [-0.4, -0.2) is 56.9 Å². The van der Waals surface area contributed by atoms with Crippen LogP contribution in [0.25, 0.3) is 11.1 Å². The van der Waals surface area contributed by atoms with Crippen LogP contribution in [0.2, 0.25) is 0 Å². The average molecular weight is 817 g/mol. The first kappa shape index (κ1) is 40.8. The van der Waals surface area contributed by atoms with E-state index >= 15 is 0 Å². The van der Waals surface area contributed by atoms with Crippen molar-refractivity contribution in [1.82, 2.24) is 10.0 Å². The first-order valence-corrected chi connectivity index (χ1v) is 20.8. The molecule has 306 valence electrons. The van der Waals surface area contributed by atoms with Crippen molar-refractivity contribution in [3.05, 3.63) is 142 Å². The zero-order chi connectivity index (χ0) is 42.1. The van der Waals surface area contributed by atoms with Crippen molar-refractivity contribution in [3.63, 3.8) is 0 Å². The maximum absolute atomic E-state index is 14.3. The first-order valence-electron chi connectivity index (χ1n) is 19.4. The van der Waals surface area contributed by atoms with Gasteiger partial charge in [0.05, 0.1) is 18.6 Å². The maximum Gasteiger partial charge on any atom is 0.407 e. The summed E-state index contributed by atoms with van der Waals surface area (Å²) in [7, 11) is -2.58.